The fraction of sp³-hybridized carbons (Fsp3) is 0.143. The van der Waals surface area contributed by atoms with E-state index in [0.717, 1.165) is 16.7 Å². The van der Waals surface area contributed by atoms with Gasteiger partial charge in [0.25, 0.3) is 0 Å². The van der Waals surface area contributed by atoms with Gasteiger partial charge in [-0.25, -0.2) is 0 Å². The molecule has 0 spiro atoms. The summed E-state index contributed by atoms with van der Waals surface area (Å²) in [4.78, 5) is 0. The van der Waals surface area contributed by atoms with Crippen molar-refractivity contribution in [3.05, 3.63) is 64.1 Å². The summed E-state index contributed by atoms with van der Waals surface area (Å²) >= 11 is 3.54. The highest BCUT2D eigenvalue weighted by Crippen LogP contribution is 2.23. The van der Waals surface area contributed by atoms with Crippen molar-refractivity contribution in [3.63, 3.8) is 0 Å². The Morgan fingerprint density at radius 1 is 1.06 bits per heavy atom. The van der Waals surface area contributed by atoms with Gasteiger partial charge in [0.05, 0.1) is 0 Å². The molecule has 0 radical (unpaired) electrons. The van der Waals surface area contributed by atoms with E-state index in [2.05, 4.69) is 70.6 Å². The van der Waals surface area contributed by atoms with E-state index in [1.54, 1.807) is 0 Å². The van der Waals surface area contributed by atoms with Crippen LogP contribution in [0.15, 0.2) is 53.0 Å². The number of rotatable bonds is 3. The van der Waals surface area contributed by atoms with E-state index in [9.17, 15) is 0 Å². The van der Waals surface area contributed by atoms with Crippen LogP contribution in [0, 0.1) is 6.92 Å². The lowest BCUT2D eigenvalue weighted by Crippen LogP contribution is -1.99. The predicted octanol–water partition coefficient (Wildman–Crippen LogP) is 4.37. The lowest BCUT2D eigenvalue weighted by molar-refractivity contribution is 1.14. The van der Waals surface area contributed by atoms with Crippen molar-refractivity contribution >= 4 is 21.6 Å². The van der Waals surface area contributed by atoms with E-state index in [0.29, 0.717) is 0 Å². The first-order valence-corrected chi connectivity index (χ1v) is 6.09. The molecule has 0 heterocycles. The zero-order valence-electron chi connectivity index (χ0n) is 9.20. The first-order valence-electron chi connectivity index (χ1n) is 5.29. The van der Waals surface area contributed by atoms with E-state index < -0.39 is 0 Å². The average Bonchev–Trinajstić information content (AvgIpc) is 2.32. The maximum Gasteiger partial charge on any atom is 0.0489 e. The molecule has 0 fully saturated rings. The van der Waals surface area contributed by atoms with E-state index in [1.165, 1.54) is 11.1 Å². The maximum absolute atomic E-state index is 3.54. The summed E-state index contributed by atoms with van der Waals surface area (Å²) in [6, 6.07) is 16.7. The maximum atomic E-state index is 3.54. The molecule has 0 unspecified atom stereocenters. The van der Waals surface area contributed by atoms with Gasteiger partial charge in [-0.2, -0.15) is 0 Å². The normalized spacial score (nSPS) is 10.1. The van der Waals surface area contributed by atoms with Crippen molar-refractivity contribution in [2.45, 2.75) is 13.5 Å². The van der Waals surface area contributed by atoms with Crippen LogP contribution >= 0.6 is 15.9 Å². The van der Waals surface area contributed by atoms with Gasteiger partial charge >= 0.3 is 0 Å². The quantitative estimate of drug-likeness (QED) is 0.877. The third-order valence-electron chi connectivity index (χ3n) is 2.45. The monoisotopic (exact) mass is 275 g/mol. The Morgan fingerprint density at radius 2 is 1.81 bits per heavy atom. The Labute approximate surface area is 105 Å². The number of benzene rings is 2. The zero-order valence-corrected chi connectivity index (χ0v) is 10.8. The van der Waals surface area contributed by atoms with Crippen LogP contribution in [-0.4, -0.2) is 0 Å². The molecule has 2 rings (SSSR count). The number of halogens is 1. The molecule has 0 aliphatic heterocycles. The molecule has 0 atom stereocenters. The molecule has 2 aromatic carbocycles. The van der Waals surface area contributed by atoms with Crippen molar-refractivity contribution in [2.75, 3.05) is 5.32 Å². The largest absolute Gasteiger partial charge is 0.380 e. The lowest BCUT2D eigenvalue weighted by Gasteiger charge is -2.09. The van der Waals surface area contributed by atoms with Gasteiger partial charge in [-0.1, -0.05) is 36.4 Å². The van der Waals surface area contributed by atoms with Gasteiger partial charge in [0, 0.05) is 16.7 Å². The third-order valence-corrected chi connectivity index (χ3v) is 3.14. The Hall–Kier alpha value is -1.28. The Balaban J connectivity index is 2.08. The standard InChI is InChI=1S/C14H14BrN/c1-11-7-8-13(15)14(9-11)16-10-12-5-3-2-4-6-12/h2-9,16H,10H2,1H3. The first kappa shape index (κ1) is 11.2. The van der Waals surface area contributed by atoms with Crippen molar-refractivity contribution in [3.8, 4) is 0 Å². The molecule has 16 heavy (non-hydrogen) atoms. The summed E-state index contributed by atoms with van der Waals surface area (Å²) in [5.41, 5.74) is 3.69. The molecule has 0 amide bonds. The molecular formula is C14H14BrN. The second-order valence-electron chi connectivity index (χ2n) is 3.82. The number of aryl methyl sites for hydroxylation is 1. The molecule has 2 heteroatoms. The molecule has 0 saturated carbocycles. The van der Waals surface area contributed by atoms with E-state index >= 15 is 0 Å². The van der Waals surface area contributed by atoms with Crippen LogP contribution in [0.1, 0.15) is 11.1 Å². The Kier molecular flexibility index (Phi) is 3.62. The summed E-state index contributed by atoms with van der Waals surface area (Å²) in [6.45, 7) is 2.95. The van der Waals surface area contributed by atoms with Crippen molar-refractivity contribution in [1.29, 1.82) is 0 Å². The molecule has 0 aliphatic rings. The topological polar surface area (TPSA) is 12.0 Å². The highest BCUT2D eigenvalue weighted by molar-refractivity contribution is 9.10. The minimum Gasteiger partial charge on any atom is -0.380 e. The summed E-state index contributed by atoms with van der Waals surface area (Å²) in [7, 11) is 0. The molecule has 0 bridgehead atoms. The van der Waals surface area contributed by atoms with Gasteiger partial charge in [0.15, 0.2) is 0 Å². The molecule has 1 nitrogen and oxygen atoms in total. The minimum atomic E-state index is 0.850. The van der Waals surface area contributed by atoms with Gasteiger partial charge in [-0.05, 0) is 46.1 Å². The molecule has 2 aromatic rings. The summed E-state index contributed by atoms with van der Waals surface area (Å²) in [5, 5.41) is 3.42. The average molecular weight is 276 g/mol. The second-order valence-corrected chi connectivity index (χ2v) is 4.68. The van der Waals surface area contributed by atoms with Crippen LogP contribution in [0.2, 0.25) is 0 Å². The Morgan fingerprint density at radius 3 is 2.56 bits per heavy atom. The van der Waals surface area contributed by atoms with Crippen molar-refractivity contribution in [2.24, 2.45) is 0 Å². The van der Waals surface area contributed by atoms with E-state index in [-0.39, 0.29) is 0 Å². The number of hydrogen-bond acceptors (Lipinski definition) is 1. The molecule has 0 saturated heterocycles. The zero-order chi connectivity index (χ0) is 11.4. The molecular weight excluding hydrogens is 262 g/mol. The van der Waals surface area contributed by atoms with Gasteiger partial charge < -0.3 is 5.32 Å². The fourth-order valence-corrected chi connectivity index (χ4v) is 1.95. The van der Waals surface area contributed by atoms with Crippen LogP contribution in [0.25, 0.3) is 0 Å². The van der Waals surface area contributed by atoms with Crippen LogP contribution in [0.5, 0.6) is 0 Å². The van der Waals surface area contributed by atoms with Gasteiger partial charge in [-0.15, -0.1) is 0 Å². The predicted molar refractivity (Wildman–Crippen MR) is 72.6 cm³/mol. The summed E-state index contributed by atoms with van der Waals surface area (Å²) < 4.78 is 1.11. The summed E-state index contributed by atoms with van der Waals surface area (Å²) in [6.07, 6.45) is 0. The van der Waals surface area contributed by atoms with Crippen LogP contribution in [0.4, 0.5) is 5.69 Å². The van der Waals surface area contributed by atoms with E-state index in [4.69, 9.17) is 0 Å². The third kappa shape index (κ3) is 2.86. The Bertz CT molecular complexity index is 465. The lowest BCUT2D eigenvalue weighted by atomic mass is 10.2. The van der Waals surface area contributed by atoms with Gasteiger partial charge in [-0.3, -0.25) is 0 Å². The SMILES string of the molecule is Cc1ccc(Br)c(NCc2ccccc2)c1. The summed E-state index contributed by atoms with van der Waals surface area (Å²) in [5.74, 6) is 0. The minimum absolute atomic E-state index is 0.850. The molecule has 0 aromatic heterocycles. The molecule has 1 N–H and O–H groups in total. The molecule has 82 valence electrons. The highest BCUT2D eigenvalue weighted by atomic mass is 79.9. The van der Waals surface area contributed by atoms with Crippen LogP contribution in [0.3, 0.4) is 0 Å². The van der Waals surface area contributed by atoms with Crippen molar-refractivity contribution in [1.82, 2.24) is 0 Å². The van der Waals surface area contributed by atoms with Gasteiger partial charge in [0.2, 0.25) is 0 Å². The smallest absolute Gasteiger partial charge is 0.0489 e. The number of anilines is 1. The van der Waals surface area contributed by atoms with E-state index in [1.807, 2.05) is 6.07 Å². The highest BCUT2D eigenvalue weighted by Gasteiger charge is 1.99. The second kappa shape index (κ2) is 5.17. The van der Waals surface area contributed by atoms with Gasteiger partial charge in [0.1, 0.15) is 0 Å². The fourth-order valence-electron chi connectivity index (χ4n) is 1.57. The van der Waals surface area contributed by atoms with Crippen molar-refractivity contribution < 1.29 is 0 Å². The number of nitrogens with one attached hydrogen (secondary N) is 1. The van der Waals surface area contributed by atoms with Crippen LogP contribution in [-0.2, 0) is 6.54 Å². The molecule has 0 aliphatic carbocycles. The number of hydrogen-bond donors (Lipinski definition) is 1. The first-order chi connectivity index (χ1) is 7.75. The van der Waals surface area contributed by atoms with Crippen LogP contribution < -0.4 is 5.32 Å².